The van der Waals surface area contributed by atoms with Crippen LogP contribution >= 0.6 is 8.58 Å². The molecule has 0 aliphatic rings. The van der Waals surface area contributed by atoms with Crippen LogP contribution in [0.25, 0.3) is 0 Å². The van der Waals surface area contributed by atoms with E-state index in [2.05, 4.69) is 4.98 Å². The molecule has 8 heteroatoms. The summed E-state index contributed by atoms with van der Waals surface area (Å²) in [6.45, 7) is 1.50. The molecule has 1 aromatic rings. The number of pyridine rings is 1. The zero-order chi connectivity index (χ0) is 12.6. The molecule has 1 rings (SSSR count). The highest BCUT2D eigenvalue weighted by Gasteiger charge is 2.38. The van der Waals surface area contributed by atoms with Crippen LogP contribution in [0, 0.1) is 0 Å². The third-order valence-electron chi connectivity index (χ3n) is 1.69. The van der Waals surface area contributed by atoms with Crippen molar-refractivity contribution in [2.75, 3.05) is 6.66 Å². The molecule has 0 amide bonds. The molecule has 1 atom stereocenters. The van der Waals surface area contributed by atoms with E-state index in [0.717, 1.165) is 0 Å². The Kier molecular flexibility index (Phi) is 3.47. The van der Waals surface area contributed by atoms with Crippen LogP contribution in [0.5, 0.6) is 0 Å². The monoisotopic (exact) mass is 261 g/mol. The molecule has 0 fully saturated rings. The van der Waals surface area contributed by atoms with Gasteiger partial charge in [0.25, 0.3) is 0 Å². The van der Waals surface area contributed by atoms with Crippen LogP contribution < -0.4 is 5.30 Å². The Morgan fingerprint density at radius 2 is 1.31 bits per heavy atom. The number of alkyl halides is 6. The van der Waals surface area contributed by atoms with Gasteiger partial charge in [0.1, 0.15) is 11.4 Å². The summed E-state index contributed by atoms with van der Waals surface area (Å²) in [4.78, 5) is 2.58. The molecule has 1 nitrogen and oxygen atoms in total. The van der Waals surface area contributed by atoms with Crippen molar-refractivity contribution in [3.8, 4) is 0 Å². The van der Waals surface area contributed by atoms with Crippen molar-refractivity contribution >= 4 is 13.9 Å². The fraction of sp³-hybridized carbons (Fsp3) is 0.375. The molecule has 0 aliphatic heterocycles. The van der Waals surface area contributed by atoms with Crippen LogP contribution in [-0.2, 0) is 12.4 Å². The molecule has 0 aliphatic carbocycles. The van der Waals surface area contributed by atoms with Crippen molar-refractivity contribution in [2.45, 2.75) is 12.4 Å². The minimum atomic E-state index is -4.87. The molecular weight excluding hydrogens is 255 g/mol. The summed E-state index contributed by atoms with van der Waals surface area (Å²) in [6, 6.07) is 1.27. The Balaban J connectivity index is 3.33. The summed E-state index contributed by atoms with van der Waals surface area (Å²) in [7, 11) is -0.159. The van der Waals surface area contributed by atoms with Crippen LogP contribution in [-0.4, -0.2) is 11.6 Å². The van der Waals surface area contributed by atoms with E-state index < -0.39 is 23.7 Å². The quantitative estimate of drug-likeness (QED) is 0.559. The summed E-state index contributed by atoms with van der Waals surface area (Å²) in [6.07, 6.45) is -9.73. The van der Waals surface area contributed by atoms with Gasteiger partial charge in [-0.2, -0.15) is 26.3 Å². The average molecular weight is 261 g/mol. The topological polar surface area (TPSA) is 12.9 Å². The number of rotatable bonds is 1. The maximum absolute atomic E-state index is 12.2. The predicted octanol–water partition coefficient (Wildman–Crippen LogP) is 3.05. The Bertz CT molecular complexity index is 351. The van der Waals surface area contributed by atoms with Crippen molar-refractivity contribution in [3.05, 3.63) is 23.5 Å². The minimum absolute atomic E-state index is 0.0188. The number of halogens is 6. The van der Waals surface area contributed by atoms with Crippen LogP contribution in [0.3, 0.4) is 0 Å². The van der Waals surface area contributed by atoms with Gasteiger partial charge in [0.2, 0.25) is 0 Å². The lowest BCUT2D eigenvalue weighted by molar-refractivity contribution is -0.149. The number of nitrogens with zero attached hydrogens (tertiary/aromatic N) is 1. The lowest BCUT2D eigenvalue weighted by atomic mass is 10.3. The molecule has 16 heavy (non-hydrogen) atoms. The van der Waals surface area contributed by atoms with Gasteiger partial charge in [0.15, 0.2) is 0 Å². The largest absolute Gasteiger partial charge is 0.433 e. The van der Waals surface area contributed by atoms with E-state index >= 15 is 0 Å². The molecule has 0 radical (unpaired) electrons. The van der Waals surface area contributed by atoms with E-state index in [1.165, 1.54) is 6.66 Å². The van der Waals surface area contributed by atoms with Gasteiger partial charge in [-0.25, -0.2) is 4.98 Å². The molecule has 0 saturated carbocycles. The first-order valence-corrected chi connectivity index (χ1v) is 5.49. The smallest absolute Gasteiger partial charge is 0.239 e. The summed E-state index contributed by atoms with van der Waals surface area (Å²) in [5.41, 5.74) is -3.02. The number of hydrogen-bond acceptors (Lipinski definition) is 1. The average Bonchev–Trinajstić information content (AvgIpc) is 2.14. The number of hydrogen-bond donors (Lipinski definition) is 0. The van der Waals surface area contributed by atoms with Gasteiger partial charge in [0.05, 0.1) is 0 Å². The van der Waals surface area contributed by atoms with Crippen LogP contribution in [0.1, 0.15) is 11.4 Å². The van der Waals surface area contributed by atoms with Gasteiger partial charge in [-0.05, 0) is 24.1 Å². The second-order valence-corrected chi connectivity index (χ2v) is 3.95. The van der Waals surface area contributed by atoms with Gasteiger partial charge in [-0.3, -0.25) is 0 Å². The van der Waals surface area contributed by atoms with Gasteiger partial charge >= 0.3 is 12.4 Å². The van der Waals surface area contributed by atoms with Crippen molar-refractivity contribution in [1.82, 2.24) is 4.98 Å². The Hall–Kier alpha value is -0.840. The van der Waals surface area contributed by atoms with Gasteiger partial charge in [-0.15, -0.1) is 0 Å². The molecule has 0 saturated heterocycles. The van der Waals surface area contributed by atoms with E-state index in [1.807, 2.05) is 0 Å². The lowest BCUT2D eigenvalue weighted by Gasteiger charge is -2.12. The molecule has 1 aromatic heterocycles. The Morgan fingerprint density at radius 3 is 1.56 bits per heavy atom. The van der Waals surface area contributed by atoms with Crippen LogP contribution in [0.15, 0.2) is 12.1 Å². The van der Waals surface area contributed by atoms with Crippen molar-refractivity contribution < 1.29 is 26.3 Å². The van der Waals surface area contributed by atoms with Gasteiger partial charge < -0.3 is 0 Å². The first-order valence-electron chi connectivity index (χ1n) is 3.99. The second kappa shape index (κ2) is 4.20. The summed E-state index contributed by atoms with van der Waals surface area (Å²) < 4.78 is 73.5. The molecule has 1 heterocycles. The van der Waals surface area contributed by atoms with E-state index in [9.17, 15) is 26.3 Å². The van der Waals surface area contributed by atoms with Crippen molar-refractivity contribution in [3.63, 3.8) is 0 Å². The maximum atomic E-state index is 12.2. The van der Waals surface area contributed by atoms with Gasteiger partial charge in [-0.1, -0.05) is 8.58 Å². The molecule has 1 unspecified atom stereocenters. The van der Waals surface area contributed by atoms with Crippen molar-refractivity contribution in [1.29, 1.82) is 0 Å². The second-order valence-electron chi connectivity index (χ2n) is 2.87. The lowest BCUT2D eigenvalue weighted by Crippen LogP contribution is -2.18. The summed E-state index contributed by atoms with van der Waals surface area (Å²) in [5, 5.41) is -0.0188. The van der Waals surface area contributed by atoms with E-state index in [-0.39, 0.29) is 13.9 Å². The Labute approximate surface area is 88.7 Å². The fourth-order valence-electron chi connectivity index (χ4n) is 0.965. The zero-order valence-electron chi connectivity index (χ0n) is 7.87. The van der Waals surface area contributed by atoms with Gasteiger partial charge in [0, 0.05) is 0 Å². The van der Waals surface area contributed by atoms with E-state index in [1.54, 1.807) is 0 Å². The number of aromatic nitrogens is 1. The molecular formula is C8H6F6NP. The highest BCUT2D eigenvalue weighted by atomic mass is 31.1. The standard InChI is InChI=1S/C8H6F6NP/c1-16-4-2-5(7(9,10)11)15-6(3-4)8(12,13)14/h2-3,16H,1H3. The summed E-state index contributed by atoms with van der Waals surface area (Å²) in [5.74, 6) is 0. The summed E-state index contributed by atoms with van der Waals surface area (Å²) >= 11 is 0. The first kappa shape index (κ1) is 13.2. The third kappa shape index (κ3) is 3.07. The molecule has 0 bridgehead atoms. The normalized spacial score (nSPS) is 13.7. The SMILES string of the molecule is CPc1cc(C(F)(F)F)nc(C(F)(F)F)c1. The molecule has 0 spiro atoms. The fourth-order valence-corrected chi connectivity index (χ4v) is 1.53. The first-order chi connectivity index (χ1) is 7.14. The highest BCUT2D eigenvalue weighted by molar-refractivity contribution is 7.46. The molecule has 0 aromatic carbocycles. The maximum Gasteiger partial charge on any atom is 0.433 e. The van der Waals surface area contributed by atoms with Crippen LogP contribution in [0.4, 0.5) is 26.3 Å². The minimum Gasteiger partial charge on any atom is -0.239 e. The molecule has 0 N–H and O–H groups in total. The van der Waals surface area contributed by atoms with Crippen LogP contribution in [0.2, 0.25) is 0 Å². The van der Waals surface area contributed by atoms with E-state index in [0.29, 0.717) is 12.1 Å². The third-order valence-corrected chi connectivity index (χ3v) is 2.56. The Morgan fingerprint density at radius 1 is 0.938 bits per heavy atom. The van der Waals surface area contributed by atoms with E-state index in [4.69, 9.17) is 0 Å². The zero-order valence-corrected chi connectivity index (χ0v) is 8.87. The predicted molar refractivity (Wildman–Crippen MR) is 48.1 cm³/mol. The highest BCUT2D eigenvalue weighted by Crippen LogP contribution is 2.32. The molecule has 90 valence electrons. The van der Waals surface area contributed by atoms with Crippen molar-refractivity contribution in [2.24, 2.45) is 0 Å².